The Hall–Kier alpha value is -0.260. The summed E-state index contributed by atoms with van der Waals surface area (Å²) >= 11 is 1.27. The molecule has 0 aromatic carbocycles. The minimum absolute atomic E-state index is 0.0746. The number of aliphatic hydroxyl groups is 1. The number of hydrogen-bond acceptors (Lipinski definition) is 4. The molecule has 0 aromatic rings. The van der Waals surface area contributed by atoms with Crippen molar-refractivity contribution in [1.82, 2.24) is 4.90 Å². The molecule has 1 aliphatic heterocycles. The maximum absolute atomic E-state index is 11.4. The van der Waals surface area contributed by atoms with Crippen molar-refractivity contribution in [2.75, 3.05) is 26.0 Å². The van der Waals surface area contributed by atoms with Crippen LogP contribution in [0.5, 0.6) is 0 Å². The zero-order chi connectivity index (χ0) is 9.68. The van der Waals surface area contributed by atoms with Gasteiger partial charge in [-0.2, -0.15) is 0 Å². The molecule has 1 rings (SSSR count). The van der Waals surface area contributed by atoms with Crippen LogP contribution in [0.4, 0.5) is 0 Å². The first-order chi connectivity index (χ1) is 6.24. The van der Waals surface area contributed by atoms with Gasteiger partial charge in [0, 0.05) is 19.3 Å². The van der Waals surface area contributed by atoms with Gasteiger partial charge in [-0.05, 0) is 18.5 Å². The van der Waals surface area contributed by atoms with Crippen molar-refractivity contribution in [3.8, 4) is 0 Å². The van der Waals surface area contributed by atoms with Gasteiger partial charge in [0.05, 0.1) is 19.1 Å². The second-order valence-electron chi connectivity index (χ2n) is 3.02. The fraction of sp³-hybridized carbons (Fsp3) is 0.875. The number of β-amino-alcohol motifs (C(OH)–C–C–N with tert-alkyl or cyclic N) is 1. The molecule has 76 valence electrons. The lowest BCUT2D eigenvalue weighted by molar-refractivity contribution is -0.130. The fourth-order valence-electron chi connectivity index (χ4n) is 1.34. The van der Waals surface area contributed by atoms with Crippen LogP contribution in [0.2, 0.25) is 0 Å². The first-order valence-corrected chi connectivity index (χ1v) is 5.50. The van der Waals surface area contributed by atoms with Crippen molar-refractivity contribution in [3.05, 3.63) is 0 Å². The molecule has 4 nitrogen and oxygen atoms in total. The van der Waals surface area contributed by atoms with Crippen LogP contribution >= 0.6 is 12.0 Å². The van der Waals surface area contributed by atoms with Crippen LogP contribution in [-0.4, -0.2) is 48.0 Å². The lowest BCUT2D eigenvalue weighted by atomic mass is 10.3. The molecule has 0 bridgehead atoms. The summed E-state index contributed by atoms with van der Waals surface area (Å²) in [7, 11) is 0. The second-order valence-corrected chi connectivity index (χ2v) is 3.59. The number of carbonyl (C=O) groups is 1. The van der Waals surface area contributed by atoms with E-state index in [0.29, 0.717) is 32.5 Å². The third kappa shape index (κ3) is 3.54. The van der Waals surface area contributed by atoms with Gasteiger partial charge in [0.1, 0.15) is 0 Å². The van der Waals surface area contributed by atoms with Gasteiger partial charge in [0.25, 0.3) is 0 Å². The van der Waals surface area contributed by atoms with E-state index in [9.17, 15) is 9.90 Å². The van der Waals surface area contributed by atoms with E-state index in [4.69, 9.17) is 4.18 Å². The number of rotatable bonds is 4. The number of hydrogen-bond donors (Lipinski definition) is 1. The highest BCUT2D eigenvalue weighted by Gasteiger charge is 2.23. The van der Waals surface area contributed by atoms with Crippen LogP contribution in [-0.2, 0) is 8.98 Å². The van der Waals surface area contributed by atoms with Crippen molar-refractivity contribution in [2.24, 2.45) is 0 Å². The molecular formula is C8H15NO3S. The molecule has 0 unspecified atom stereocenters. The molecule has 1 atom stereocenters. The van der Waals surface area contributed by atoms with Crippen molar-refractivity contribution in [1.29, 1.82) is 0 Å². The molecule has 0 saturated carbocycles. The van der Waals surface area contributed by atoms with Gasteiger partial charge < -0.3 is 14.2 Å². The highest BCUT2D eigenvalue weighted by atomic mass is 32.2. The molecule has 0 aliphatic carbocycles. The third-order valence-corrected chi connectivity index (χ3v) is 2.44. The molecule has 1 amide bonds. The summed E-state index contributed by atoms with van der Waals surface area (Å²) < 4.78 is 5.00. The zero-order valence-corrected chi connectivity index (χ0v) is 8.55. The lowest BCUT2D eigenvalue weighted by Crippen LogP contribution is -2.30. The molecule has 1 aliphatic rings. The van der Waals surface area contributed by atoms with Crippen LogP contribution in [0.15, 0.2) is 0 Å². The van der Waals surface area contributed by atoms with Gasteiger partial charge in [-0.15, -0.1) is 0 Å². The molecule has 1 saturated heterocycles. The largest absolute Gasteiger partial charge is 0.391 e. The van der Waals surface area contributed by atoms with Crippen molar-refractivity contribution in [3.63, 3.8) is 0 Å². The molecule has 1 N–H and O–H groups in total. The Morgan fingerprint density at radius 1 is 1.77 bits per heavy atom. The summed E-state index contributed by atoms with van der Waals surface area (Å²) in [6.45, 7) is 1.62. The SMILES string of the molecule is CSOCCC(=O)N1CC[C@@H](O)C1. The van der Waals surface area contributed by atoms with Crippen molar-refractivity contribution >= 4 is 17.9 Å². The highest BCUT2D eigenvalue weighted by molar-refractivity contribution is 7.93. The first-order valence-electron chi connectivity index (χ1n) is 4.35. The topological polar surface area (TPSA) is 49.8 Å². The summed E-state index contributed by atoms with van der Waals surface area (Å²) in [5, 5.41) is 9.19. The number of aliphatic hydroxyl groups excluding tert-OH is 1. The molecule has 0 radical (unpaired) electrons. The summed E-state index contributed by atoms with van der Waals surface area (Å²) in [5.41, 5.74) is 0. The fourth-order valence-corrected chi connectivity index (χ4v) is 1.59. The Balaban J connectivity index is 2.16. The van der Waals surface area contributed by atoms with Crippen LogP contribution in [0.1, 0.15) is 12.8 Å². The van der Waals surface area contributed by atoms with Gasteiger partial charge in [-0.1, -0.05) is 0 Å². The molecule has 0 aromatic heterocycles. The van der Waals surface area contributed by atoms with Gasteiger partial charge >= 0.3 is 0 Å². The summed E-state index contributed by atoms with van der Waals surface area (Å²) in [6, 6.07) is 0. The number of amides is 1. The molecule has 0 spiro atoms. The van der Waals surface area contributed by atoms with E-state index < -0.39 is 0 Å². The van der Waals surface area contributed by atoms with Gasteiger partial charge in [-0.25, -0.2) is 0 Å². The van der Waals surface area contributed by atoms with E-state index in [1.54, 1.807) is 4.90 Å². The summed E-state index contributed by atoms with van der Waals surface area (Å²) in [6.07, 6.45) is 2.61. The quantitative estimate of drug-likeness (QED) is 0.528. The standard InChI is InChI=1S/C8H15NO3S/c1-13-12-5-3-8(11)9-4-2-7(10)6-9/h7,10H,2-6H2,1H3/t7-/m1/s1. The van der Waals surface area contributed by atoms with Crippen LogP contribution in [0.3, 0.4) is 0 Å². The molecule has 1 heterocycles. The number of nitrogens with zero attached hydrogens (tertiary/aromatic N) is 1. The van der Waals surface area contributed by atoms with Crippen LogP contribution in [0, 0.1) is 0 Å². The van der Waals surface area contributed by atoms with E-state index in [0.717, 1.165) is 0 Å². The Bertz CT molecular complexity index is 177. The Morgan fingerprint density at radius 2 is 2.54 bits per heavy atom. The Labute approximate surface area is 82.4 Å². The predicted octanol–water partition coefficient (Wildman–Crippen LogP) is 0.264. The average Bonchev–Trinajstić information content (AvgIpc) is 2.52. The third-order valence-electron chi connectivity index (χ3n) is 2.03. The maximum Gasteiger partial charge on any atom is 0.225 e. The first kappa shape index (κ1) is 10.8. The van der Waals surface area contributed by atoms with Crippen molar-refractivity contribution in [2.45, 2.75) is 18.9 Å². The van der Waals surface area contributed by atoms with Gasteiger partial charge in [-0.3, -0.25) is 4.79 Å². The zero-order valence-electron chi connectivity index (χ0n) is 7.73. The Kier molecular flexibility index (Phi) is 4.55. The van der Waals surface area contributed by atoms with Crippen LogP contribution in [0.25, 0.3) is 0 Å². The van der Waals surface area contributed by atoms with E-state index >= 15 is 0 Å². The smallest absolute Gasteiger partial charge is 0.225 e. The molecule has 13 heavy (non-hydrogen) atoms. The summed E-state index contributed by atoms with van der Waals surface area (Å²) in [5.74, 6) is 0.0746. The normalized spacial score (nSPS) is 22.3. The lowest BCUT2D eigenvalue weighted by Gasteiger charge is -2.14. The molecule has 1 fully saturated rings. The maximum atomic E-state index is 11.4. The van der Waals surface area contributed by atoms with E-state index in [2.05, 4.69) is 0 Å². The molecule has 5 heteroatoms. The monoisotopic (exact) mass is 205 g/mol. The van der Waals surface area contributed by atoms with Crippen LogP contribution < -0.4 is 0 Å². The minimum atomic E-state index is -0.328. The highest BCUT2D eigenvalue weighted by Crippen LogP contribution is 2.10. The summed E-state index contributed by atoms with van der Waals surface area (Å²) in [4.78, 5) is 13.1. The minimum Gasteiger partial charge on any atom is -0.391 e. The predicted molar refractivity (Wildman–Crippen MR) is 51.3 cm³/mol. The van der Waals surface area contributed by atoms with Gasteiger partial charge in [0.2, 0.25) is 5.91 Å². The second kappa shape index (κ2) is 5.47. The Morgan fingerprint density at radius 3 is 3.08 bits per heavy atom. The van der Waals surface area contributed by atoms with E-state index in [1.807, 2.05) is 6.26 Å². The van der Waals surface area contributed by atoms with E-state index in [-0.39, 0.29) is 12.0 Å². The number of carbonyl (C=O) groups excluding carboxylic acids is 1. The number of likely N-dealkylation sites (tertiary alicyclic amines) is 1. The average molecular weight is 205 g/mol. The van der Waals surface area contributed by atoms with Gasteiger partial charge in [0.15, 0.2) is 0 Å². The molecular weight excluding hydrogens is 190 g/mol. The van der Waals surface area contributed by atoms with Crippen molar-refractivity contribution < 1.29 is 14.1 Å². The van der Waals surface area contributed by atoms with E-state index in [1.165, 1.54) is 12.0 Å².